The van der Waals surface area contributed by atoms with Gasteiger partial charge in [0, 0.05) is 12.1 Å². The van der Waals surface area contributed by atoms with Gasteiger partial charge in [-0.3, -0.25) is 4.98 Å². The van der Waals surface area contributed by atoms with Crippen molar-refractivity contribution in [1.29, 1.82) is 0 Å². The molecular weight excluding hydrogens is 198 g/mol. The predicted octanol–water partition coefficient (Wildman–Crippen LogP) is 2.86. The molecule has 0 saturated heterocycles. The number of hydrogen-bond donors (Lipinski definition) is 1. The molecule has 0 radical (unpaired) electrons. The van der Waals surface area contributed by atoms with E-state index in [9.17, 15) is 0 Å². The van der Waals surface area contributed by atoms with E-state index in [1.807, 2.05) is 18.5 Å². The van der Waals surface area contributed by atoms with Crippen LogP contribution in [0.3, 0.4) is 0 Å². The van der Waals surface area contributed by atoms with Gasteiger partial charge in [0.05, 0.1) is 17.2 Å². The summed E-state index contributed by atoms with van der Waals surface area (Å²) in [5.74, 6) is 3.75. The Morgan fingerprint density at radius 3 is 3.00 bits per heavy atom. The Morgan fingerprint density at radius 2 is 2.25 bits per heavy atom. The number of hydrogen-bond acceptors (Lipinski definition) is 2. The molecule has 2 aliphatic carbocycles. The van der Waals surface area contributed by atoms with Gasteiger partial charge in [0.15, 0.2) is 0 Å². The Morgan fingerprint density at radius 1 is 1.25 bits per heavy atom. The van der Waals surface area contributed by atoms with Crippen molar-refractivity contribution in [3.8, 4) is 0 Å². The van der Waals surface area contributed by atoms with Crippen molar-refractivity contribution in [2.75, 3.05) is 0 Å². The Labute approximate surface area is 94.3 Å². The number of rotatable bonds is 1. The molecule has 2 aliphatic rings. The van der Waals surface area contributed by atoms with Crippen molar-refractivity contribution < 1.29 is 0 Å². The van der Waals surface area contributed by atoms with Crippen LogP contribution in [0, 0.1) is 11.8 Å². The second-order valence-corrected chi connectivity index (χ2v) is 5.30. The number of nitrogens with one attached hydrogen (secondary N) is 1. The molecule has 82 valence electrons. The number of aromatic amines is 1. The number of imidazole rings is 1. The molecule has 4 rings (SSSR count). The molecule has 3 unspecified atom stereocenters. The third-order valence-electron chi connectivity index (χ3n) is 4.39. The van der Waals surface area contributed by atoms with Crippen LogP contribution in [0.5, 0.6) is 0 Å². The molecule has 3 nitrogen and oxygen atoms in total. The smallest absolute Gasteiger partial charge is 0.110 e. The zero-order chi connectivity index (χ0) is 10.5. The molecule has 0 spiro atoms. The van der Waals surface area contributed by atoms with E-state index in [2.05, 4.69) is 9.97 Å². The van der Waals surface area contributed by atoms with Crippen LogP contribution in [0.15, 0.2) is 18.5 Å². The number of pyridine rings is 1. The van der Waals surface area contributed by atoms with Crippen molar-refractivity contribution in [3.05, 3.63) is 24.3 Å². The summed E-state index contributed by atoms with van der Waals surface area (Å²) in [5.41, 5.74) is 2.15. The molecule has 3 heteroatoms. The minimum Gasteiger partial charge on any atom is -0.340 e. The minimum atomic E-state index is 0.686. The summed E-state index contributed by atoms with van der Waals surface area (Å²) >= 11 is 0. The lowest BCUT2D eigenvalue weighted by Gasteiger charge is -2.18. The molecule has 1 N–H and O–H groups in total. The molecule has 2 fully saturated rings. The van der Waals surface area contributed by atoms with Crippen LogP contribution in [0.1, 0.15) is 37.4 Å². The first kappa shape index (κ1) is 8.74. The van der Waals surface area contributed by atoms with Crippen LogP contribution in [-0.4, -0.2) is 15.0 Å². The summed E-state index contributed by atoms with van der Waals surface area (Å²) in [7, 11) is 0. The van der Waals surface area contributed by atoms with E-state index in [-0.39, 0.29) is 0 Å². The molecule has 2 aromatic heterocycles. The van der Waals surface area contributed by atoms with Gasteiger partial charge in [0.1, 0.15) is 5.82 Å². The molecule has 3 atom stereocenters. The second-order valence-electron chi connectivity index (χ2n) is 5.30. The highest BCUT2D eigenvalue weighted by Crippen LogP contribution is 2.52. The molecule has 2 saturated carbocycles. The fourth-order valence-corrected chi connectivity index (χ4v) is 3.63. The average Bonchev–Trinajstić information content (AvgIpc) is 3.02. The van der Waals surface area contributed by atoms with Gasteiger partial charge in [-0.1, -0.05) is 6.42 Å². The third kappa shape index (κ3) is 1.14. The van der Waals surface area contributed by atoms with Crippen molar-refractivity contribution in [1.82, 2.24) is 15.0 Å². The van der Waals surface area contributed by atoms with Gasteiger partial charge in [-0.2, -0.15) is 0 Å². The van der Waals surface area contributed by atoms with E-state index in [1.54, 1.807) is 0 Å². The number of nitrogens with zero attached hydrogens (tertiary/aromatic N) is 2. The lowest BCUT2D eigenvalue weighted by atomic mass is 9.88. The number of fused-ring (bicyclic) bond motifs is 3. The lowest BCUT2D eigenvalue weighted by molar-refractivity contribution is 0.408. The highest BCUT2D eigenvalue weighted by Gasteiger charge is 2.41. The molecule has 2 bridgehead atoms. The summed E-state index contributed by atoms with van der Waals surface area (Å²) < 4.78 is 0. The second kappa shape index (κ2) is 3.06. The standard InChI is InChI=1S/C13H15N3/c1-2-9-5-8(1)6-10(9)13-15-11-3-4-14-7-12(11)16-13/h3-4,7-10H,1-2,5-6H2,(H,15,16). The summed E-state index contributed by atoms with van der Waals surface area (Å²) in [6.45, 7) is 0. The van der Waals surface area contributed by atoms with E-state index in [0.717, 1.165) is 22.9 Å². The Bertz CT molecular complexity index is 498. The number of aromatic nitrogens is 3. The Hall–Kier alpha value is -1.38. The van der Waals surface area contributed by atoms with Crippen LogP contribution in [0.4, 0.5) is 0 Å². The first-order chi connectivity index (χ1) is 7.90. The zero-order valence-corrected chi connectivity index (χ0v) is 9.19. The van der Waals surface area contributed by atoms with Crippen molar-refractivity contribution in [2.24, 2.45) is 11.8 Å². The van der Waals surface area contributed by atoms with Gasteiger partial charge in [0.25, 0.3) is 0 Å². The SMILES string of the molecule is c1cc2nc(C3CC4CCC3C4)[nH]c2cn1. The average molecular weight is 213 g/mol. The molecule has 2 heterocycles. The zero-order valence-electron chi connectivity index (χ0n) is 9.19. The predicted molar refractivity (Wildman–Crippen MR) is 62.1 cm³/mol. The Kier molecular flexibility index (Phi) is 1.67. The van der Waals surface area contributed by atoms with E-state index in [1.165, 1.54) is 31.5 Å². The maximum absolute atomic E-state index is 4.72. The van der Waals surface area contributed by atoms with Gasteiger partial charge in [-0.15, -0.1) is 0 Å². The van der Waals surface area contributed by atoms with Crippen LogP contribution in [-0.2, 0) is 0 Å². The Balaban J connectivity index is 1.76. The topological polar surface area (TPSA) is 41.6 Å². The van der Waals surface area contributed by atoms with Crippen LogP contribution in [0.25, 0.3) is 11.0 Å². The monoisotopic (exact) mass is 213 g/mol. The van der Waals surface area contributed by atoms with E-state index in [0.29, 0.717) is 5.92 Å². The highest BCUT2D eigenvalue weighted by molar-refractivity contribution is 5.73. The summed E-state index contributed by atoms with van der Waals surface area (Å²) in [6, 6.07) is 1.99. The van der Waals surface area contributed by atoms with Gasteiger partial charge in [-0.25, -0.2) is 4.98 Å². The van der Waals surface area contributed by atoms with E-state index >= 15 is 0 Å². The molecule has 0 aliphatic heterocycles. The lowest BCUT2D eigenvalue weighted by Crippen LogP contribution is -2.09. The molecule has 16 heavy (non-hydrogen) atoms. The normalized spacial score (nSPS) is 32.6. The molecule has 0 aromatic carbocycles. The van der Waals surface area contributed by atoms with Crippen molar-refractivity contribution in [3.63, 3.8) is 0 Å². The van der Waals surface area contributed by atoms with Crippen molar-refractivity contribution >= 4 is 11.0 Å². The fourth-order valence-electron chi connectivity index (χ4n) is 3.63. The molecule has 0 amide bonds. The largest absolute Gasteiger partial charge is 0.340 e. The van der Waals surface area contributed by atoms with E-state index < -0.39 is 0 Å². The quantitative estimate of drug-likeness (QED) is 0.791. The van der Waals surface area contributed by atoms with Crippen LogP contribution in [0.2, 0.25) is 0 Å². The summed E-state index contributed by atoms with van der Waals surface area (Å²) in [5, 5.41) is 0. The van der Waals surface area contributed by atoms with Gasteiger partial charge < -0.3 is 4.98 Å². The molecular formula is C13H15N3. The van der Waals surface area contributed by atoms with Gasteiger partial charge in [-0.05, 0) is 37.2 Å². The first-order valence-electron chi connectivity index (χ1n) is 6.20. The maximum Gasteiger partial charge on any atom is 0.110 e. The highest BCUT2D eigenvalue weighted by atomic mass is 14.9. The van der Waals surface area contributed by atoms with Gasteiger partial charge in [0.2, 0.25) is 0 Å². The van der Waals surface area contributed by atoms with Crippen LogP contribution >= 0.6 is 0 Å². The van der Waals surface area contributed by atoms with Crippen molar-refractivity contribution in [2.45, 2.75) is 31.6 Å². The van der Waals surface area contributed by atoms with E-state index in [4.69, 9.17) is 4.98 Å². The summed E-state index contributed by atoms with van der Waals surface area (Å²) in [6.07, 6.45) is 9.32. The molecule has 2 aromatic rings. The fraction of sp³-hybridized carbons (Fsp3) is 0.538. The number of H-pyrrole nitrogens is 1. The maximum atomic E-state index is 4.72. The third-order valence-corrected chi connectivity index (χ3v) is 4.39. The van der Waals surface area contributed by atoms with Crippen LogP contribution < -0.4 is 0 Å². The minimum absolute atomic E-state index is 0.686. The summed E-state index contributed by atoms with van der Waals surface area (Å²) in [4.78, 5) is 12.3. The first-order valence-corrected chi connectivity index (χ1v) is 6.20. The van der Waals surface area contributed by atoms with Gasteiger partial charge >= 0.3 is 0 Å².